The predicted molar refractivity (Wildman–Crippen MR) is 302 cm³/mol. The molecular formula is C55H37N9O11S5. The number of thiophene rings is 1. The first-order chi connectivity index (χ1) is 38.1. The Hall–Kier alpha value is -9.15. The van der Waals surface area contributed by atoms with Crippen molar-refractivity contribution < 1.29 is 47.3 Å². The Kier molecular flexibility index (Phi) is 14.4. The average Bonchev–Trinajstić information content (AvgIpc) is 3.78. The molecule has 0 aliphatic heterocycles. The highest BCUT2D eigenvalue weighted by atomic mass is 32.2. The fourth-order valence-electron chi connectivity index (χ4n) is 8.69. The summed E-state index contributed by atoms with van der Waals surface area (Å²) >= 11 is 0.982. The number of fused-ring (bicyclic) bond motifs is 3. The second kappa shape index (κ2) is 21.2. The highest BCUT2D eigenvalue weighted by molar-refractivity contribution is 7.90. The molecule has 0 fully saturated rings. The van der Waals surface area contributed by atoms with Crippen molar-refractivity contribution in [3.63, 3.8) is 0 Å². The fourth-order valence-corrected chi connectivity index (χ4v) is 12.7. The van der Waals surface area contributed by atoms with Crippen LogP contribution in [0.2, 0.25) is 0 Å². The van der Waals surface area contributed by atoms with Crippen molar-refractivity contribution in [3.05, 3.63) is 186 Å². The molecular weight excluding hydrogens is 1120 g/mol. The quantitative estimate of drug-likeness (QED) is 0.0470. The molecule has 0 amide bonds. The number of nitrogens with zero attached hydrogens (tertiary/aromatic N) is 7. The average molecular weight is 1160 g/mol. The number of rotatable bonds is 15. The van der Waals surface area contributed by atoms with Crippen LogP contribution in [0.15, 0.2) is 204 Å². The number of hydrogen-bond acceptors (Lipinski definition) is 18. The second-order valence-electron chi connectivity index (χ2n) is 17.8. The van der Waals surface area contributed by atoms with E-state index < -0.39 is 50.8 Å². The molecule has 0 bridgehead atoms. The Bertz CT molecular complexity index is 4830. The number of nitriles is 2. The van der Waals surface area contributed by atoms with E-state index in [1.54, 1.807) is 55.5 Å². The molecule has 0 saturated carbocycles. The first kappa shape index (κ1) is 54.2. The Balaban J connectivity index is 1.02. The van der Waals surface area contributed by atoms with Crippen molar-refractivity contribution in [2.24, 2.45) is 20.5 Å². The first-order valence-corrected chi connectivity index (χ1v) is 30.1. The molecule has 0 aliphatic carbocycles. The number of sulfone groups is 1. The minimum atomic E-state index is -4.68. The normalized spacial score (nSPS) is 12.3. The minimum absolute atomic E-state index is 0.00694. The van der Waals surface area contributed by atoms with Gasteiger partial charge in [-0.3, -0.25) is 13.7 Å². The molecule has 5 N–H and O–H groups in total. The SMILES string of the molecule is Cc1c(C#N)c(Nc2ccc(S(=O)(=O)O)cc2)nc(Nc2ccc(S(=O)(=O)O)cc2)c1N=Nc1sc(N=Nc2ccc3cc(S(=O)(=O)Cc4cc(S(=O)(=O)O)c5ccccc5c4)ccc3c2)c(-c2ccc3ccccc3c2)c1C#N. The van der Waals surface area contributed by atoms with E-state index in [-0.39, 0.29) is 81.0 Å². The summed E-state index contributed by atoms with van der Waals surface area (Å²) in [6.07, 6.45) is 0. The number of benzene rings is 8. The smallest absolute Gasteiger partial charge is 0.295 e. The summed E-state index contributed by atoms with van der Waals surface area (Å²) in [6.45, 7) is 1.56. The van der Waals surface area contributed by atoms with Gasteiger partial charge in [0.1, 0.15) is 33.3 Å². The van der Waals surface area contributed by atoms with Gasteiger partial charge in [0, 0.05) is 27.9 Å². The molecule has 0 aliphatic rings. The van der Waals surface area contributed by atoms with E-state index in [0.717, 1.165) is 52.4 Å². The monoisotopic (exact) mass is 1160 g/mol. The molecule has 0 radical (unpaired) electrons. The predicted octanol–water partition coefficient (Wildman–Crippen LogP) is 13.4. The standard InChI is InChI=1S/C55H37N9O11S5/c1-32-47(29-56)52(58-40-15-20-43(21-16-40)78(67,68)69)60-53(59-41-17-22-44(23-18-41)79(70,71)72)51(32)62-63-54-48(30-57)50(39-11-10-34-6-2-3-7-35(34)26-39)55(76-54)64-61-42-14-12-37-28-45(19-13-36(37)27-42)77(65,66)31-33-24-38-8-4-5-9-46(38)49(25-33)80(73,74)75/h2-28H,31H2,1H3,(H2,58,59,60)(H,67,68,69)(H,70,71,72)(H,73,74,75). The van der Waals surface area contributed by atoms with E-state index in [1.807, 2.05) is 42.5 Å². The van der Waals surface area contributed by atoms with Gasteiger partial charge in [-0.25, -0.2) is 13.4 Å². The van der Waals surface area contributed by atoms with Crippen LogP contribution in [-0.4, -0.2) is 52.3 Å². The van der Waals surface area contributed by atoms with Crippen LogP contribution in [0.4, 0.5) is 44.4 Å². The van der Waals surface area contributed by atoms with Crippen molar-refractivity contribution in [3.8, 4) is 23.3 Å². The molecule has 2 heterocycles. The van der Waals surface area contributed by atoms with Crippen LogP contribution < -0.4 is 10.6 Å². The lowest BCUT2D eigenvalue weighted by Gasteiger charge is -2.16. The summed E-state index contributed by atoms with van der Waals surface area (Å²) in [5, 5.41) is 49.6. The molecule has 0 unspecified atom stereocenters. The molecule has 20 nitrogen and oxygen atoms in total. The first-order valence-electron chi connectivity index (χ1n) is 23.4. The van der Waals surface area contributed by atoms with E-state index in [9.17, 15) is 57.9 Å². The van der Waals surface area contributed by atoms with Crippen LogP contribution in [0, 0.1) is 29.6 Å². The molecule has 80 heavy (non-hydrogen) atoms. The zero-order valence-corrected chi connectivity index (χ0v) is 45.2. The van der Waals surface area contributed by atoms with Crippen molar-refractivity contribution in [1.82, 2.24) is 4.98 Å². The lowest BCUT2D eigenvalue weighted by molar-refractivity contribution is 0.481. The number of azo groups is 2. The van der Waals surface area contributed by atoms with Crippen LogP contribution in [0.5, 0.6) is 0 Å². The van der Waals surface area contributed by atoms with E-state index in [2.05, 4.69) is 48.2 Å². The second-order valence-corrected chi connectivity index (χ2v) is 25.0. The van der Waals surface area contributed by atoms with E-state index in [0.29, 0.717) is 33.0 Å². The number of pyridine rings is 1. The van der Waals surface area contributed by atoms with Gasteiger partial charge in [-0.15, -0.1) is 20.5 Å². The molecule has 8 aromatic carbocycles. The molecule has 2 aromatic heterocycles. The zero-order chi connectivity index (χ0) is 56.7. The van der Waals surface area contributed by atoms with E-state index in [4.69, 9.17) is 0 Å². The van der Waals surface area contributed by atoms with Gasteiger partial charge in [0.15, 0.2) is 26.5 Å². The summed E-state index contributed by atoms with van der Waals surface area (Å²) < 4.78 is 128. The van der Waals surface area contributed by atoms with Crippen LogP contribution in [0.25, 0.3) is 43.4 Å². The van der Waals surface area contributed by atoms with Crippen LogP contribution in [0.3, 0.4) is 0 Å². The molecule has 0 spiro atoms. The molecule has 0 atom stereocenters. The number of anilines is 4. The third-order valence-electron chi connectivity index (χ3n) is 12.5. The maximum atomic E-state index is 13.8. The van der Waals surface area contributed by atoms with E-state index >= 15 is 0 Å². The topological polar surface area (TPSA) is 331 Å². The van der Waals surface area contributed by atoms with Gasteiger partial charge in [-0.05, 0) is 130 Å². The van der Waals surface area contributed by atoms with Crippen molar-refractivity contribution >= 4 is 128 Å². The summed E-state index contributed by atoms with van der Waals surface area (Å²) in [5.74, 6) is -0.598. The lowest BCUT2D eigenvalue weighted by Crippen LogP contribution is -2.07. The van der Waals surface area contributed by atoms with Gasteiger partial charge >= 0.3 is 0 Å². The highest BCUT2D eigenvalue weighted by Crippen LogP contribution is 2.49. The van der Waals surface area contributed by atoms with Gasteiger partial charge in [0.25, 0.3) is 30.4 Å². The van der Waals surface area contributed by atoms with Crippen molar-refractivity contribution in [2.75, 3.05) is 10.6 Å². The zero-order valence-electron chi connectivity index (χ0n) is 41.1. The molecule has 0 saturated heterocycles. The molecule has 10 aromatic rings. The largest absolute Gasteiger partial charge is 0.339 e. The van der Waals surface area contributed by atoms with Crippen LogP contribution >= 0.6 is 11.3 Å². The molecule has 398 valence electrons. The van der Waals surface area contributed by atoms with Gasteiger partial charge in [0.2, 0.25) is 0 Å². The fraction of sp³-hybridized carbons (Fsp3) is 0.0364. The van der Waals surface area contributed by atoms with Gasteiger partial charge < -0.3 is 10.6 Å². The molecule has 25 heteroatoms. The highest BCUT2D eigenvalue weighted by Gasteiger charge is 2.25. The number of nitrogens with one attached hydrogen (secondary N) is 2. The van der Waals surface area contributed by atoms with Crippen molar-refractivity contribution in [2.45, 2.75) is 32.3 Å². The maximum absolute atomic E-state index is 13.8. The number of hydrogen-bond donors (Lipinski definition) is 5. The van der Waals surface area contributed by atoms with Crippen molar-refractivity contribution in [1.29, 1.82) is 10.5 Å². The Morgan fingerprint density at radius 1 is 0.525 bits per heavy atom. The van der Waals surface area contributed by atoms with Crippen LogP contribution in [0.1, 0.15) is 22.3 Å². The molecule has 10 rings (SSSR count). The summed E-state index contributed by atoms with van der Waals surface area (Å²) in [7, 11) is -17.8. The summed E-state index contributed by atoms with van der Waals surface area (Å²) in [6, 6.07) is 46.1. The van der Waals surface area contributed by atoms with Gasteiger partial charge in [-0.2, -0.15) is 35.8 Å². The third-order valence-corrected chi connectivity index (χ3v) is 17.8. The number of aromatic nitrogens is 1. The summed E-state index contributed by atoms with van der Waals surface area (Å²) in [4.78, 5) is 3.45. The van der Waals surface area contributed by atoms with Gasteiger partial charge in [-0.1, -0.05) is 90.2 Å². The third kappa shape index (κ3) is 11.4. The lowest BCUT2D eigenvalue weighted by atomic mass is 10.00. The van der Waals surface area contributed by atoms with Crippen LogP contribution in [-0.2, 0) is 45.9 Å². The van der Waals surface area contributed by atoms with Gasteiger partial charge in [0.05, 0.1) is 31.7 Å². The Morgan fingerprint density at radius 3 is 1.71 bits per heavy atom. The Labute approximate surface area is 460 Å². The minimum Gasteiger partial charge on any atom is -0.339 e. The summed E-state index contributed by atoms with van der Waals surface area (Å²) in [5.41, 5.74) is 2.31. The van der Waals surface area contributed by atoms with E-state index in [1.165, 1.54) is 42.5 Å². The maximum Gasteiger partial charge on any atom is 0.295 e. The Morgan fingerprint density at radius 2 is 1.07 bits per heavy atom.